The van der Waals surface area contributed by atoms with Crippen LogP contribution in [0, 0.1) is 0 Å². The van der Waals surface area contributed by atoms with E-state index in [1.165, 1.54) is 5.56 Å². The Morgan fingerprint density at radius 1 is 1.18 bits per heavy atom. The molecule has 0 aromatic heterocycles. The minimum absolute atomic E-state index is 0.515. The van der Waals surface area contributed by atoms with Crippen LogP contribution < -0.4 is 5.84 Å². The second-order valence-corrected chi connectivity index (χ2v) is 4.96. The largest absolute Gasteiger partial charge is 0.323 e. The fourth-order valence-electron chi connectivity index (χ4n) is 2.65. The van der Waals surface area contributed by atoms with Crippen molar-refractivity contribution in [3.63, 3.8) is 0 Å². The molecule has 1 aromatic rings. The summed E-state index contributed by atoms with van der Waals surface area (Å²) < 4.78 is 0. The molecule has 0 aliphatic carbocycles. The lowest BCUT2D eigenvalue weighted by molar-refractivity contribution is 0.136. The third kappa shape index (κ3) is 2.86. The number of nitrogens with zero attached hydrogens (tertiary/aromatic N) is 2. The Kier molecular flexibility index (Phi) is 3.79. The number of hydrazone groups is 1. The summed E-state index contributed by atoms with van der Waals surface area (Å²) in [5.74, 6) is 5.40. The molecule has 0 saturated carbocycles. The SMILES string of the molecule is C[C@@H]1C/C(=N/N)C[C@H](C)N1Cc1ccccc1. The topological polar surface area (TPSA) is 41.6 Å². The van der Waals surface area contributed by atoms with Crippen LogP contribution >= 0.6 is 0 Å². The predicted octanol–water partition coefficient (Wildman–Crippen LogP) is 2.37. The summed E-state index contributed by atoms with van der Waals surface area (Å²) in [5, 5.41) is 3.88. The Morgan fingerprint density at radius 2 is 1.76 bits per heavy atom. The van der Waals surface area contributed by atoms with Gasteiger partial charge in [-0.25, -0.2) is 0 Å². The minimum atomic E-state index is 0.515. The van der Waals surface area contributed by atoms with E-state index in [4.69, 9.17) is 5.84 Å². The Bertz CT molecular complexity index is 372. The quantitative estimate of drug-likeness (QED) is 0.627. The Morgan fingerprint density at radius 3 is 2.29 bits per heavy atom. The van der Waals surface area contributed by atoms with Gasteiger partial charge in [-0.3, -0.25) is 4.90 Å². The zero-order chi connectivity index (χ0) is 12.3. The van der Waals surface area contributed by atoms with Crippen molar-refractivity contribution in [2.75, 3.05) is 0 Å². The smallest absolute Gasteiger partial charge is 0.0406 e. The molecule has 0 unspecified atom stereocenters. The molecular formula is C14H21N3. The van der Waals surface area contributed by atoms with Gasteiger partial charge in [0, 0.05) is 37.2 Å². The van der Waals surface area contributed by atoms with E-state index in [0.29, 0.717) is 12.1 Å². The molecule has 1 saturated heterocycles. The van der Waals surface area contributed by atoms with E-state index >= 15 is 0 Å². The standard InChI is InChI=1S/C14H21N3/c1-11-8-14(16-15)9-12(2)17(11)10-13-6-4-3-5-7-13/h3-7,11-12H,8-10,15H2,1-2H3/b16-14-/t11-,12+/m1/s1. The molecule has 1 heterocycles. The summed E-state index contributed by atoms with van der Waals surface area (Å²) >= 11 is 0. The number of likely N-dealkylation sites (tertiary alicyclic amines) is 1. The minimum Gasteiger partial charge on any atom is -0.323 e. The second kappa shape index (κ2) is 5.32. The van der Waals surface area contributed by atoms with Gasteiger partial charge in [-0.05, 0) is 19.4 Å². The lowest BCUT2D eigenvalue weighted by Crippen LogP contribution is -2.46. The number of hydrogen-bond donors (Lipinski definition) is 1. The predicted molar refractivity (Wildman–Crippen MR) is 71.8 cm³/mol. The van der Waals surface area contributed by atoms with Crippen molar-refractivity contribution in [3.05, 3.63) is 35.9 Å². The summed E-state index contributed by atoms with van der Waals surface area (Å²) in [6, 6.07) is 11.7. The Labute approximate surface area is 103 Å². The average Bonchev–Trinajstić information content (AvgIpc) is 2.35. The summed E-state index contributed by atoms with van der Waals surface area (Å²) in [5.41, 5.74) is 2.52. The van der Waals surface area contributed by atoms with Gasteiger partial charge in [0.1, 0.15) is 0 Å². The van der Waals surface area contributed by atoms with Gasteiger partial charge in [-0.1, -0.05) is 30.3 Å². The molecule has 92 valence electrons. The fourth-order valence-corrected chi connectivity index (χ4v) is 2.65. The third-order valence-corrected chi connectivity index (χ3v) is 3.58. The van der Waals surface area contributed by atoms with E-state index in [-0.39, 0.29) is 0 Å². The number of benzene rings is 1. The van der Waals surface area contributed by atoms with E-state index in [1.54, 1.807) is 0 Å². The first-order chi connectivity index (χ1) is 8.20. The molecule has 1 aliphatic rings. The Hall–Kier alpha value is -1.35. The van der Waals surface area contributed by atoms with Crippen LogP contribution in [0.4, 0.5) is 0 Å². The summed E-state index contributed by atoms with van der Waals surface area (Å²) in [7, 11) is 0. The molecule has 0 amide bonds. The molecule has 0 bridgehead atoms. The van der Waals surface area contributed by atoms with Gasteiger partial charge in [-0.15, -0.1) is 0 Å². The molecule has 0 radical (unpaired) electrons. The van der Waals surface area contributed by atoms with E-state index in [2.05, 4.69) is 54.2 Å². The van der Waals surface area contributed by atoms with Gasteiger partial charge in [-0.2, -0.15) is 5.10 Å². The highest BCUT2D eigenvalue weighted by Crippen LogP contribution is 2.23. The van der Waals surface area contributed by atoms with Crippen molar-refractivity contribution in [3.8, 4) is 0 Å². The molecule has 3 nitrogen and oxygen atoms in total. The van der Waals surface area contributed by atoms with Crippen molar-refractivity contribution < 1.29 is 0 Å². The first-order valence-electron chi connectivity index (χ1n) is 6.26. The zero-order valence-corrected chi connectivity index (χ0v) is 10.6. The number of hydrogen-bond acceptors (Lipinski definition) is 3. The number of nitrogens with two attached hydrogens (primary N) is 1. The highest BCUT2D eigenvalue weighted by atomic mass is 15.2. The van der Waals surface area contributed by atoms with E-state index in [0.717, 1.165) is 25.1 Å². The first-order valence-corrected chi connectivity index (χ1v) is 6.26. The van der Waals surface area contributed by atoms with Gasteiger partial charge in [0.2, 0.25) is 0 Å². The van der Waals surface area contributed by atoms with Crippen molar-refractivity contribution in [2.24, 2.45) is 10.9 Å². The van der Waals surface area contributed by atoms with Crippen LogP contribution in [0.2, 0.25) is 0 Å². The fraction of sp³-hybridized carbons (Fsp3) is 0.500. The highest BCUT2D eigenvalue weighted by molar-refractivity contribution is 5.86. The van der Waals surface area contributed by atoms with Crippen molar-refractivity contribution >= 4 is 5.71 Å². The van der Waals surface area contributed by atoms with Crippen molar-refractivity contribution in [2.45, 2.75) is 45.3 Å². The Balaban J connectivity index is 2.06. The summed E-state index contributed by atoms with van der Waals surface area (Å²) in [6.07, 6.45) is 1.99. The first kappa shape index (κ1) is 12.1. The van der Waals surface area contributed by atoms with Gasteiger partial charge >= 0.3 is 0 Å². The van der Waals surface area contributed by atoms with Crippen LogP contribution in [0.5, 0.6) is 0 Å². The van der Waals surface area contributed by atoms with Crippen molar-refractivity contribution in [1.82, 2.24) is 4.90 Å². The van der Waals surface area contributed by atoms with E-state index < -0.39 is 0 Å². The van der Waals surface area contributed by atoms with Crippen LogP contribution in [0.1, 0.15) is 32.3 Å². The lowest BCUT2D eigenvalue weighted by Gasteiger charge is -2.39. The second-order valence-electron chi connectivity index (χ2n) is 4.96. The van der Waals surface area contributed by atoms with Crippen LogP contribution in [0.25, 0.3) is 0 Å². The molecule has 1 fully saturated rings. The molecule has 1 aromatic carbocycles. The summed E-state index contributed by atoms with van der Waals surface area (Å²) in [4.78, 5) is 2.53. The molecule has 1 aliphatic heterocycles. The third-order valence-electron chi connectivity index (χ3n) is 3.58. The van der Waals surface area contributed by atoms with Crippen LogP contribution in [-0.4, -0.2) is 22.7 Å². The van der Waals surface area contributed by atoms with Crippen LogP contribution in [0.15, 0.2) is 35.4 Å². The van der Waals surface area contributed by atoms with Gasteiger partial charge in [0.15, 0.2) is 0 Å². The monoisotopic (exact) mass is 231 g/mol. The van der Waals surface area contributed by atoms with Gasteiger partial charge in [0.05, 0.1) is 0 Å². The van der Waals surface area contributed by atoms with Crippen molar-refractivity contribution in [1.29, 1.82) is 0 Å². The maximum atomic E-state index is 5.40. The summed E-state index contributed by atoms with van der Waals surface area (Å²) in [6.45, 7) is 5.52. The highest BCUT2D eigenvalue weighted by Gasteiger charge is 2.28. The molecule has 17 heavy (non-hydrogen) atoms. The van der Waals surface area contributed by atoms with Crippen LogP contribution in [0.3, 0.4) is 0 Å². The lowest BCUT2D eigenvalue weighted by atomic mass is 9.95. The van der Waals surface area contributed by atoms with E-state index in [9.17, 15) is 0 Å². The number of piperidine rings is 1. The molecule has 2 rings (SSSR count). The van der Waals surface area contributed by atoms with E-state index in [1.807, 2.05) is 0 Å². The van der Waals surface area contributed by atoms with Gasteiger partial charge in [0.25, 0.3) is 0 Å². The molecular weight excluding hydrogens is 210 g/mol. The maximum Gasteiger partial charge on any atom is 0.0406 e. The zero-order valence-electron chi connectivity index (χ0n) is 10.6. The molecule has 2 N–H and O–H groups in total. The average molecular weight is 231 g/mol. The van der Waals surface area contributed by atoms with Gasteiger partial charge < -0.3 is 5.84 Å². The number of rotatable bonds is 2. The normalized spacial score (nSPS) is 28.5. The maximum absolute atomic E-state index is 5.40. The molecule has 0 spiro atoms. The van der Waals surface area contributed by atoms with Crippen LogP contribution in [-0.2, 0) is 6.54 Å². The molecule has 3 heteroatoms. The molecule has 2 atom stereocenters.